The third-order valence-corrected chi connectivity index (χ3v) is 4.21. The summed E-state index contributed by atoms with van der Waals surface area (Å²) < 4.78 is 1.19. The van der Waals surface area contributed by atoms with E-state index in [9.17, 15) is 9.90 Å². The van der Waals surface area contributed by atoms with E-state index in [2.05, 4.69) is 0 Å². The van der Waals surface area contributed by atoms with E-state index in [1.165, 1.54) is 4.70 Å². The van der Waals surface area contributed by atoms with Crippen LogP contribution in [0.5, 0.6) is 0 Å². The summed E-state index contributed by atoms with van der Waals surface area (Å²) in [7, 11) is 0. The highest BCUT2D eigenvalue weighted by molar-refractivity contribution is 7.17. The molecule has 0 saturated carbocycles. The Morgan fingerprint density at radius 3 is 2.82 bits per heavy atom. The van der Waals surface area contributed by atoms with Gasteiger partial charge in [0, 0.05) is 11.1 Å². The first kappa shape index (κ1) is 12.3. The van der Waals surface area contributed by atoms with Crippen LogP contribution in [-0.4, -0.2) is 16.5 Å². The number of carbonyl (C=O) groups is 1. The molecule has 0 bridgehead atoms. The van der Waals surface area contributed by atoms with E-state index in [0.717, 1.165) is 10.9 Å². The normalized spacial score (nSPS) is 14.8. The molecule has 1 unspecified atom stereocenters. The Kier molecular flexibility index (Phi) is 3.31. The van der Waals surface area contributed by atoms with Crippen LogP contribution in [0.15, 0.2) is 29.6 Å². The number of rotatable bonds is 4. The van der Waals surface area contributed by atoms with Gasteiger partial charge in [-0.1, -0.05) is 25.1 Å². The number of aliphatic hydroxyl groups is 1. The molecule has 2 rings (SSSR count). The molecule has 0 aliphatic rings. The van der Waals surface area contributed by atoms with Crippen molar-refractivity contribution >= 4 is 27.2 Å². The monoisotopic (exact) mass is 248 g/mol. The van der Waals surface area contributed by atoms with E-state index < -0.39 is 5.60 Å². The van der Waals surface area contributed by atoms with E-state index in [-0.39, 0.29) is 5.78 Å². The topological polar surface area (TPSA) is 37.3 Å². The Balaban J connectivity index is 2.28. The molecule has 0 aliphatic carbocycles. The summed E-state index contributed by atoms with van der Waals surface area (Å²) in [6.45, 7) is 3.41. The highest BCUT2D eigenvalue weighted by atomic mass is 32.1. The van der Waals surface area contributed by atoms with Crippen LogP contribution in [0, 0.1) is 0 Å². The molecule has 17 heavy (non-hydrogen) atoms. The molecular formula is C14H16O2S. The van der Waals surface area contributed by atoms with Crippen LogP contribution in [0.4, 0.5) is 0 Å². The number of Topliss-reactive ketones (excluding diaryl/α,β-unsaturated/α-hetero) is 1. The lowest BCUT2D eigenvalue weighted by Crippen LogP contribution is -2.35. The van der Waals surface area contributed by atoms with Crippen LogP contribution in [-0.2, 0) is 11.2 Å². The fourth-order valence-electron chi connectivity index (χ4n) is 1.73. The summed E-state index contributed by atoms with van der Waals surface area (Å²) in [5, 5.41) is 13.0. The standard InChI is InChI=1S/C14H16O2S/c1-3-14(2,16)13(15)8-10-9-17-12-7-5-4-6-11(10)12/h4-7,9,16H,3,8H2,1-2H3. The van der Waals surface area contributed by atoms with Crippen molar-refractivity contribution in [1.82, 2.24) is 0 Å². The van der Waals surface area contributed by atoms with E-state index >= 15 is 0 Å². The Morgan fingerprint density at radius 1 is 1.41 bits per heavy atom. The van der Waals surface area contributed by atoms with Crippen molar-refractivity contribution in [2.24, 2.45) is 0 Å². The summed E-state index contributed by atoms with van der Waals surface area (Å²) in [4.78, 5) is 12.0. The highest BCUT2D eigenvalue weighted by Gasteiger charge is 2.27. The van der Waals surface area contributed by atoms with E-state index in [4.69, 9.17) is 0 Å². The molecule has 1 heterocycles. The van der Waals surface area contributed by atoms with Gasteiger partial charge in [0.2, 0.25) is 0 Å². The highest BCUT2D eigenvalue weighted by Crippen LogP contribution is 2.27. The first-order valence-corrected chi connectivity index (χ1v) is 6.63. The van der Waals surface area contributed by atoms with Crippen molar-refractivity contribution in [1.29, 1.82) is 0 Å². The van der Waals surface area contributed by atoms with Gasteiger partial charge in [-0.2, -0.15) is 0 Å². The van der Waals surface area contributed by atoms with E-state index in [1.54, 1.807) is 18.3 Å². The zero-order valence-corrected chi connectivity index (χ0v) is 10.9. The smallest absolute Gasteiger partial charge is 0.168 e. The van der Waals surface area contributed by atoms with Crippen molar-refractivity contribution in [3.05, 3.63) is 35.2 Å². The molecule has 0 radical (unpaired) electrons. The number of hydrogen-bond acceptors (Lipinski definition) is 3. The van der Waals surface area contributed by atoms with Crippen LogP contribution in [0.3, 0.4) is 0 Å². The zero-order valence-electron chi connectivity index (χ0n) is 10.1. The molecule has 0 aliphatic heterocycles. The molecular weight excluding hydrogens is 232 g/mol. The molecule has 1 N–H and O–H groups in total. The van der Waals surface area contributed by atoms with Gasteiger partial charge in [-0.3, -0.25) is 4.79 Å². The van der Waals surface area contributed by atoms with Gasteiger partial charge >= 0.3 is 0 Å². The average molecular weight is 248 g/mol. The quantitative estimate of drug-likeness (QED) is 0.902. The van der Waals surface area contributed by atoms with Gasteiger partial charge in [-0.05, 0) is 35.7 Å². The predicted octanol–water partition coefficient (Wildman–Crippen LogP) is 3.17. The van der Waals surface area contributed by atoms with Crippen molar-refractivity contribution in [2.45, 2.75) is 32.3 Å². The van der Waals surface area contributed by atoms with Crippen molar-refractivity contribution in [3.8, 4) is 0 Å². The first-order valence-electron chi connectivity index (χ1n) is 5.75. The number of fused-ring (bicyclic) bond motifs is 1. The van der Waals surface area contributed by atoms with Crippen LogP contribution >= 0.6 is 11.3 Å². The molecule has 0 saturated heterocycles. The Hall–Kier alpha value is -1.19. The number of thiophene rings is 1. The fraction of sp³-hybridized carbons (Fsp3) is 0.357. The third kappa shape index (κ3) is 2.40. The average Bonchev–Trinajstić information content (AvgIpc) is 2.73. The van der Waals surface area contributed by atoms with Gasteiger partial charge in [0.25, 0.3) is 0 Å². The molecule has 0 spiro atoms. The summed E-state index contributed by atoms with van der Waals surface area (Å²) >= 11 is 1.64. The molecule has 0 fully saturated rings. The Morgan fingerprint density at radius 2 is 2.12 bits per heavy atom. The summed E-state index contributed by atoms with van der Waals surface area (Å²) in [5.74, 6) is -0.108. The zero-order chi connectivity index (χ0) is 12.5. The Bertz CT molecular complexity index is 540. The van der Waals surface area contributed by atoms with Gasteiger partial charge < -0.3 is 5.11 Å². The number of benzene rings is 1. The third-order valence-electron chi connectivity index (χ3n) is 3.20. The second-order valence-electron chi connectivity index (χ2n) is 4.48. The van der Waals surface area contributed by atoms with Gasteiger partial charge in [0.15, 0.2) is 5.78 Å². The summed E-state index contributed by atoms with van der Waals surface area (Å²) in [5.41, 5.74) is -0.187. The summed E-state index contributed by atoms with van der Waals surface area (Å²) in [6.07, 6.45) is 0.763. The molecule has 1 atom stereocenters. The van der Waals surface area contributed by atoms with Crippen molar-refractivity contribution in [3.63, 3.8) is 0 Å². The maximum Gasteiger partial charge on any atom is 0.168 e. The van der Waals surface area contributed by atoms with Crippen molar-refractivity contribution < 1.29 is 9.90 Å². The summed E-state index contributed by atoms with van der Waals surface area (Å²) in [6, 6.07) is 8.04. The van der Waals surface area contributed by atoms with Crippen LogP contribution in [0.25, 0.3) is 10.1 Å². The number of carbonyl (C=O) groups excluding carboxylic acids is 1. The lowest BCUT2D eigenvalue weighted by atomic mass is 9.93. The van der Waals surface area contributed by atoms with Gasteiger partial charge in [0.05, 0.1) is 0 Å². The largest absolute Gasteiger partial charge is 0.382 e. The van der Waals surface area contributed by atoms with Crippen LogP contribution in [0.1, 0.15) is 25.8 Å². The number of hydrogen-bond donors (Lipinski definition) is 1. The first-order chi connectivity index (χ1) is 8.04. The second-order valence-corrected chi connectivity index (χ2v) is 5.40. The SMILES string of the molecule is CCC(C)(O)C(=O)Cc1csc2ccccc12. The minimum Gasteiger partial charge on any atom is -0.382 e. The molecule has 2 nitrogen and oxygen atoms in total. The van der Waals surface area contributed by atoms with Crippen LogP contribution in [0.2, 0.25) is 0 Å². The lowest BCUT2D eigenvalue weighted by molar-refractivity contribution is -0.135. The predicted molar refractivity (Wildman–Crippen MR) is 71.5 cm³/mol. The minimum atomic E-state index is -1.21. The Labute approximate surface area is 105 Å². The second kappa shape index (κ2) is 4.59. The fourth-order valence-corrected chi connectivity index (χ4v) is 2.69. The molecule has 3 heteroatoms. The molecule has 1 aromatic heterocycles. The van der Waals surface area contributed by atoms with Crippen molar-refractivity contribution in [2.75, 3.05) is 0 Å². The molecule has 90 valence electrons. The van der Waals surface area contributed by atoms with Gasteiger partial charge in [0.1, 0.15) is 5.60 Å². The van der Waals surface area contributed by atoms with Gasteiger partial charge in [-0.25, -0.2) is 0 Å². The maximum absolute atomic E-state index is 12.0. The number of ketones is 1. The lowest BCUT2D eigenvalue weighted by Gasteiger charge is -2.19. The maximum atomic E-state index is 12.0. The van der Waals surface area contributed by atoms with Crippen LogP contribution < -0.4 is 0 Å². The minimum absolute atomic E-state index is 0.108. The van der Waals surface area contributed by atoms with E-state index in [1.807, 2.05) is 36.6 Å². The molecule has 0 amide bonds. The van der Waals surface area contributed by atoms with Gasteiger partial charge in [-0.15, -0.1) is 11.3 Å². The van der Waals surface area contributed by atoms with E-state index in [0.29, 0.717) is 12.8 Å². The molecule has 1 aromatic carbocycles. The molecule has 2 aromatic rings.